The van der Waals surface area contributed by atoms with Gasteiger partial charge in [0, 0.05) is 11.3 Å². The van der Waals surface area contributed by atoms with Crippen LogP contribution in [0.15, 0.2) is 72.8 Å². The van der Waals surface area contributed by atoms with E-state index >= 15 is 0 Å². The Kier molecular flexibility index (Phi) is 3.14. The molecular formula is C26H21NO2. The number of aryl methyl sites for hydroxylation is 1. The number of benzene rings is 3. The number of hydrogen-bond donors (Lipinski definition) is 0. The van der Waals surface area contributed by atoms with Crippen LogP contribution in [-0.2, 0) is 15.0 Å². The molecule has 1 heterocycles. The Labute approximate surface area is 170 Å². The topological polar surface area (TPSA) is 37.4 Å². The van der Waals surface area contributed by atoms with E-state index in [0.717, 1.165) is 5.56 Å². The second-order valence-electron chi connectivity index (χ2n) is 8.71. The van der Waals surface area contributed by atoms with E-state index in [0.29, 0.717) is 5.69 Å². The number of amides is 2. The molecule has 3 heteroatoms. The summed E-state index contributed by atoms with van der Waals surface area (Å²) in [4.78, 5) is 28.9. The number of hydrogen-bond acceptors (Lipinski definition) is 2. The van der Waals surface area contributed by atoms with Crippen molar-refractivity contribution >= 4 is 17.5 Å². The SMILES string of the molecule is Cc1ccc(N2C(=O)C3C4c5ccccc5C(C)(c5ccccc54)C3C2=O)cc1. The predicted molar refractivity (Wildman–Crippen MR) is 112 cm³/mol. The van der Waals surface area contributed by atoms with Crippen molar-refractivity contribution in [2.75, 3.05) is 4.90 Å². The van der Waals surface area contributed by atoms with Crippen LogP contribution in [0.2, 0.25) is 0 Å². The molecule has 0 spiro atoms. The highest BCUT2D eigenvalue weighted by atomic mass is 16.2. The minimum Gasteiger partial charge on any atom is -0.274 e. The van der Waals surface area contributed by atoms with Crippen LogP contribution in [0.1, 0.15) is 40.7 Å². The minimum absolute atomic E-state index is 0.0657. The maximum Gasteiger partial charge on any atom is 0.238 e. The first-order valence-electron chi connectivity index (χ1n) is 10.2. The quantitative estimate of drug-likeness (QED) is 0.581. The van der Waals surface area contributed by atoms with Crippen LogP contribution < -0.4 is 4.90 Å². The summed E-state index contributed by atoms with van der Waals surface area (Å²) < 4.78 is 0. The van der Waals surface area contributed by atoms with Gasteiger partial charge in [-0.25, -0.2) is 4.90 Å². The molecule has 3 aromatic rings. The zero-order valence-electron chi connectivity index (χ0n) is 16.4. The van der Waals surface area contributed by atoms with Crippen molar-refractivity contribution in [3.63, 3.8) is 0 Å². The van der Waals surface area contributed by atoms with Crippen LogP contribution in [0.5, 0.6) is 0 Å². The first kappa shape index (κ1) is 16.7. The van der Waals surface area contributed by atoms with Crippen LogP contribution in [-0.4, -0.2) is 11.8 Å². The van der Waals surface area contributed by atoms with E-state index in [1.54, 1.807) is 0 Å². The van der Waals surface area contributed by atoms with Crippen molar-refractivity contribution in [2.45, 2.75) is 25.2 Å². The van der Waals surface area contributed by atoms with Gasteiger partial charge in [-0.1, -0.05) is 73.2 Å². The molecule has 142 valence electrons. The van der Waals surface area contributed by atoms with Gasteiger partial charge in [0.05, 0.1) is 17.5 Å². The summed E-state index contributed by atoms with van der Waals surface area (Å²) >= 11 is 0. The predicted octanol–water partition coefficient (Wildman–Crippen LogP) is 4.57. The molecule has 0 N–H and O–H groups in total. The third-order valence-electron chi connectivity index (χ3n) is 7.34. The fourth-order valence-corrected chi connectivity index (χ4v) is 6.10. The number of rotatable bonds is 1. The van der Waals surface area contributed by atoms with Gasteiger partial charge in [0.15, 0.2) is 0 Å². The Hall–Kier alpha value is -3.20. The lowest BCUT2D eigenvalue weighted by molar-refractivity contribution is -0.123. The lowest BCUT2D eigenvalue weighted by Gasteiger charge is -2.52. The van der Waals surface area contributed by atoms with E-state index in [4.69, 9.17) is 0 Å². The minimum atomic E-state index is -0.501. The summed E-state index contributed by atoms with van der Waals surface area (Å²) in [6.07, 6.45) is 0. The van der Waals surface area contributed by atoms with Gasteiger partial charge in [-0.05, 0) is 41.3 Å². The molecule has 2 amide bonds. The summed E-state index contributed by atoms with van der Waals surface area (Å²) in [6, 6.07) is 24.4. The summed E-state index contributed by atoms with van der Waals surface area (Å²) in [5, 5.41) is 0. The molecule has 2 bridgehead atoms. The summed E-state index contributed by atoms with van der Waals surface area (Å²) in [6.45, 7) is 4.16. The van der Waals surface area contributed by atoms with Crippen LogP contribution in [0.4, 0.5) is 5.69 Å². The van der Waals surface area contributed by atoms with E-state index in [9.17, 15) is 9.59 Å². The fourth-order valence-electron chi connectivity index (χ4n) is 6.10. The van der Waals surface area contributed by atoms with Crippen LogP contribution >= 0.6 is 0 Å². The molecule has 2 unspecified atom stereocenters. The average Bonchev–Trinajstić information content (AvgIpc) is 3.01. The molecule has 1 saturated heterocycles. The first-order chi connectivity index (χ1) is 14.0. The molecule has 1 aliphatic heterocycles. The van der Waals surface area contributed by atoms with E-state index in [1.807, 2.05) is 55.5 Å². The lowest BCUT2D eigenvalue weighted by Crippen LogP contribution is -2.51. The zero-order chi connectivity index (χ0) is 19.9. The molecule has 0 saturated carbocycles. The van der Waals surface area contributed by atoms with Crippen molar-refractivity contribution < 1.29 is 9.59 Å². The largest absolute Gasteiger partial charge is 0.274 e. The van der Waals surface area contributed by atoms with Gasteiger partial charge in [0.1, 0.15) is 0 Å². The molecule has 2 atom stereocenters. The summed E-state index contributed by atoms with van der Waals surface area (Å²) in [5.74, 6) is -0.921. The smallest absolute Gasteiger partial charge is 0.238 e. The maximum absolute atomic E-state index is 13.8. The molecule has 3 aliphatic carbocycles. The van der Waals surface area contributed by atoms with E-state index in [-0.39, 0.29) is 29.6 Å². The monoisotopic (exact) mass is 379 g/mol. The second-order valence-corrected chi connectivity index (χ2v) is 8.71. The van der Waals surface area contributed by atoms with E-state index in [1.165, 1.54) is 27.2 Å². The molecule has 3 aromatic carbocycles. The normalized spacial score (nSPS) is 28.9. The number of carbonyl (C=O) groups is 2. The Morgan fingerprint density at radius 2 is 1.31 bits per heavy atom. The summed E-state index contributed by atoms with van der Waals surface area (Å²) in [5.41, 5.74) is 6.06. The third kappa shape index (κ3) is 1.88. The van der Waals surface area contributed by atoms with Crippen molar-refractivity contribution in [2.24, 2.45) is 11.8 Å². The fraction of sp³-hybridized carbons (Fsp3) is 0.231. The van der Waals surface area contributed by atoms with Crippen molar-refractivity contribution in [3.05, 3.63) is 101 Å². The Balaban J connectivity index is 1.61. The number of anilines is 1. The zero-order valence-corrected chi connectivity index (χ0v) is 16.4. The van der Waals surface area contributed by atoms with Crippen molar-refractivity contribution in [1.29, 1.82) is 0 Å². The standard InChI is InChI=1S/C26H21NO2/c1-15-11-13-16(14-12-15)27-24(28)22-21-17-7-3-5-9-19(17)26(2,23(22)25(27)29)20-10-6-4-8-18(20)21/h3-14,21-23H,1-2H3. The van der Waals surface area contributed by atoms with Crippen LogP contribution in [0.25, 0.3) is 0 Å². The average molecular weight is 379 g/mol. The number of imide groups is 1. The van der Waals surface area contributed by atoms with Gasteiger partial charge in [0.25, 0.3) is 0 Å². The first-order valence-corrected chi connectivity index (χ1v) is 10.2. The molecular weight excluding hydrogens is 358 g/mol. The van der Waals surface area contributed by atoms with E-state index in [2.05, 4.69) is 31.2 Å². The van der Waals surface area contributed by atoms with Crippen LogP contribution in [0, 0.1) is 18.8 Å². The Bertz CT molecular complexity index is 1150. The van der Waals surface area contributed by atoms with Gasteiger partial charge in [-0.2, -0.15) is 0 Å². The highest BCUT2D eigenvalue weighted by Gasteiger charge is 2.66. The highest BCUT2D eigenvalue weighted by molar-refractivity contribution is 6.23. The summed E-state index contributed by atoms with van der Waals surface area (Å²) in [7, 11) is 0. The van der Waals surface area contributed by atoms with Gasteiger partial charge in [-0.15, -0.1) is 0 Å². The highest BCUT2D eigenvalue weighted by Crippen LogP contribution is 2.64. The van der Waals surface area contributed by atoms with E-state index < -0.39 is 5.41 Å². The molecule has 1 fully saturated rings. The molecule has 0 radical (unpaired) electrons. The molecule has 29 heavy (non-hydrogen) atoms. The maximum atomic E-state index is 13.8. The lowest BCUT2D eigenvalue weighted by atomic mass is 9.48. The molecule has 0 aromatic heterocycles. The number of nitrogens with zero attached hydrogens (tertiary/aromatic N) is 1. The third-order valence-corrected chi connectivity index (χ3v) is 7.34. The van der Waals surface area contributed by atoms with Gasteiger partial charge < -0.3 is 0 Å². The van der Waals surface area contributed by atoms with Gasteiger partial charge in [0.2, 0.25) is 11.8 Å². The number of carbonyl (C=O) groups excluding carboxylic acids is 2. The Morgan fingerprint density at radius 3 is 1.90 bits per heavy atom. The van der Waals surface area contributed by atoms with Gasteiger partial charge >= 0.3 is 0 Å². The Morgan fingerprint density at radius 1 is 0.759 bits per heavy atom. The second kappa shape index (κ2) is 5.44. The van der Waals surface area contributed by atoms with Crippen molar-refractivity contribution in [1.82, 2.24) is 0 Å². The molecule has 3 nitrogen and oxygen atoms in total. The van der Waals surface area contributed by atoms with Crippen LogP contribution in [0.3, 0.4) is 0 Å². The molecule has 4 aliphatic rings. The van der Waals surface area contributed by atoms with Gasteiger partial charge in [-0.3, -0.25) is 9.59 Å². The van der Waals surface area contributed by atoms with Crippen molar-refractivity contribution in [3.8, 4) is 0 Å². The molecule has 7 rings (SSSR count).